The Balaban J connectivity index is 1.53. The maximum Gasteiger partial charge on any atom is 0.315 e. The van der Waals surface area contributed by atoms with Gasteiger partial charge in [-0.05, 0) is 41.0 Å². The number of ether oxygens (including phenoxy) is 1. The van der Waals surface area contributed by atoms with Gasteiger partial charge in [-0.15, -0.1) is 0 Å². The summed E-state index contributed by atoms with van der Waals surface area (Å²) in [5.74, 6) is 1.48. The molecular formula is C19H21N3O3. The first kappa shape index (κ1) is 16.8. The second-order valence-electron chi connectivity index (χ2n) is 5.72. The molecule has 3 rings (SSSR count). The topological polar surface area (TPSA) is 76.4 Å². The molecule has 0 aliphatic carbocycles. The number of urea groups is 1. The molecule has 1 aromatic heterocycles. The SMILES string of the molecule is CCc1cc(CNC(=O)NCc2ccc3cc(OC)ccc3c2)on1. The molecule has 25 heavy (non-hydrogen) atoms. The molecule has 0 bridgehead atoms. The van der Waals surface area contributed by atoms with E-state index >= 15 is 0 Å². The van der Waals surface area contributed by atoms with E-state index < -0.39 is 0 Å². The highest BCUT2D eigenvalue weighted by molar-refractivity contribution is 5.84. The van der Waals surface area contributed by atoms with Gasteiger partial charge < -0.3 is 19.9 Å². The van der Waals surface area contributed by atoms with Crippen LogP contribution in [0.4, 0.5) is 4.79 Å². The van der Waals surface area contributed by atoms with Gasteiger partial charge in [0.1, 0.15) is 5.75 Å². The average Bonchev–Trinajstić information content (AvgIpc) is 3.12. The molecule has 0 fully saturated rings. The van der Waals surface area contributed by atoms with Crippen molar-refractivity contribution in [2.24, 2.45) is 0 Å². The number of nitrogens with one attached hydrogen (secondary N) is 2. The van der Waals surface area contributed by atoms with E-state index in [1.807, 2.05) is 43.3 Å². The smallest absolute Gasteiger partial charge is 0.315 e. The van der Waals surface area contributed by atoms with Gasteiger partial charge in [0.2, 0.25) is 0 Å². The van der Waals surface area contributed by atoms with Crippen LogP contribution in [0.2, 0.25) is 0 Å². The van der Waals surface area contributed by atoms with Gasteiger partial charge in [-0.3, -0.25) is 0 Å². The molecule has 0 spiro atoms. The van der Waals surface area contributed by atoms with Gasteiger partial charge in [0, 0.05) is 12.6 Å². The standard InChI is InChI=1S/C19H21N3O3/c1-3-16-10-18(25-22-16)12-21-19(23)20-11-13-4-5-15-9-17(24-2)7-6-14(15)8-13/h4-10H,3,11-12H2,1-2H3,(H2,20,21,23). The molecule has 0 aliphatic heterocycles. The number of carbonyl (C=O) groups excluding carboxylic acids is 1. The lowest BCUT2D eigenvalue weighted by Gasteiger charge is -2.08. The number of hydrogen-bond donors (Lipinski definition) is 2. The van der Waals surface area contributed by atoms with Crippen molar-refractivity contribution in [3.8, 4) is 5.75 Å². The van der Waals surface area contributed by atoms with E-state index in [1.54, 1.807) is 7.11 Å². The van der Waals surface area contributed by atoms with Crippen LogP contribution in [0.5, 0.6) is 5.75 Å². The van der Waals surface area contributed by atoms with E-state index in [2.05, 4.69) is 21.9 Å². The van der Waals surface area contributed by atoms with Gasteiger partial charge in [0.25, 0.3) is 0 Å². The number of hydrogen-bond acceptors (Lipinski definition) is 4. The maximum absolute atomic E-state index is 11.9. The Labute approximate surface area is 146 Å². The molecule has 0 radical (unpaired) electrons. The Morgan fingerprint density at radius 1 is 1.08 bits per heavy atom. The first-order valence-electron chi connectivity index (χ1n) is 8.21. The summed E-state index contributed by atoms with van der Waals surface area (Å²) in [5.41, 5.74) is 1.91. The van der Waals surface area contributed by atoms with Crippen LogP contribution in [0.15, 0.2) is 47.0 Å². The first-order valence-corrected chi connectivity index (χ1v) is 8.21. The van der Waals surface area contributed by atoms with Crippen LogP contribution in [0.3, 0.4) is 0 Å². The molecule has 2 N–H and O–H groups in total. The fraction of sp³-hybridized carbons (Fsp3) is 0.263. The Bertz CT molecular complexity index is 873. The molecule has 2 aromatic carbocycles. The van der Waals surface area contributed by atoms with Crippen molar-refractivity contribution in [3.63, 3.8) is 0 Å². The summed E-state index contributed by atoms with van der Waals surface area (Å²) in [6.45, 7) is 2.77. The molecule has 0 aliphatic rings. The number of carbonyl (C=O) groups is 1. The Morgan fingerprint density at radius 3 is 2.60 bits per heavy atom. The number of amides is 2. The van der Waals surface area contributed by atoms with Crippen LogP contribution in [-0.4, -0.2) is 18.3 Å². The minimum Gasteiger partial charge on any atom is -0.497 e. The summed E-state index contributed by atoms with van der Waals surface area (Å²) in [7, 11) is 1.65. The van der Waals surface area contributed by atoms with Gasteiger partial charge in [0.15, 0.2) is 5.76 Å². The number of benzene rings is 2. The highest BCUT2D eigenvalue weighted by Crippen LogP contribution is 2.21. The molecule has 0 saturated carbocycles. The van der Waals surface area contributed by atoms with Crippen molar-refractivity contribution in [2.45, 2.75) is 26.4 Å². The Morgan fingerprint density at radius 2 is 1.84 bits per heavy atom. The third kappa shape index (κ3) is 4.29. The summed E-state index contributed by atoms with van der Waals surface area (Å²) in [4.78, 5) is 11.9. The molecular weight excluding hydrogens is 318 g/mol. The summed E-state index contributed by atoms with van der Waals surface area (Å²) < 4.78 is 10.4. The van der Waals surface area contributed by atoms with Crippen molar-refractivity contribution in [1.82, 2.24) is 15.8 Å². The summed E-state index contributed by atoms with van der Waals surface area (Å²) in [5, 5.41) is 11.7. The van der Waals surface area contributed by atoms with Crippen LogP contribution in [0, 0.1) is 0 Å². The molecule has 3 aromatic rings. The second kappa shape index (κ2) is 7.70. The van der Waals surface area contributed by atoms with Crippen LogP contribution in [-0.2, 0) is 19.5 Å². The lowest BCUT2D eigenvalue weighted by Crippen LogP contribution is -2.34. The number of methoxy groups -OCH3 is 1. The second-order valence-corrected chi connectivity index (χ2v) is 5.72. The lowest BCUT2D eigenvalue weighted by molar-refractivity contribution is 0.238. The molecule has 0 atom stereocenters. The molecule has 0 saturated heterocycles. The molecule has 6 nitrogen and oxygen atoms in total. The van der Waals surface area contributed by atoms with Crippen LogP contribution < -0.4 is 15.4 Å². The van der Waals surface area contributed by atoms with Gasteiger partial charge in [-0.2, -0.15) is 0 Å². The van der Waals surface area contributed by atoms with Gasteiger partial charge in [0.05, 0.1) is 19.3 Å². The number of aromatic nitrogens is 1. The molecule has 1 heterocycles. The van der Waals surface area contributed by atoms with Crippen LogP contribution in [0.25, 0.3) is 10.8 Å². The summed E-state index contributed by atoms with van der Waals surface area (Å²) in [6, 6.07) is 13.6. The van der Waals surface area contributed by atoms with E-state index in [0.717, 1.165) is 34.2 Å². The van der Waals surface area contributed by atoms with E-state index in [0.29, 0.717) is 18.8 Å². The predicted molar refractivity (Wildman–Crippen MR) is 95.5 cm³/mol. The molecule has 130 valence electrons. The Kier molecular flexibility index (Phi) is 5.18. The predicted octanol–water partition coefficient (Wildman–Crippen LogP) is 3.40. The van der Waals surface area contributed by atoms with Gasteiger partial charge >= 0.3 is 6.03 Å². The van der Waals surface area contributed by atoms with Crippen LogP contribution in [0.1, 0.15) is 23.9 Å². The number of nitrogens with zero attached hydrogens (tertiary/aromatic N) is 1. The fourth-order valence-electron chi connectivity index (χ4n) is 2.53. The molecule has 2 amide bonds. The minimum absolute atomic E-state index is 0.246. The molecule has 0 unspecified atom stereocenters. The highest BCUT2D eigenvalue weighted by atomic mass is 16.5. The third-order valence-electron chi connectivity index (χ3n) is 3.96. The lowest BCUT2D eigenvalue weighted by atomic mass is 10.1. The minimum atomic E-state index is -0.246. The highest BCUT2D eigenvalue weighted by Gasteiger charge is 2.06. The van der Waals surface area contributed by atoms with Gasteiger partial charge in [-0.25, -0.2) is 4.79 Å². The summed E-state index contributed by atoms with van der Waals surface area (Å²) >= 11 is 0. The monoisotopic (exact) mass is 339 g/mol. The van der Waals surface area contributed by atoms with Crippen molar-refractivity contribution in [1.29, 1.82) is 0 Å². The zero-order chi connectivity index (χ0) is 17.6. The van der Waals surface area contributed by atoms with Crippen molar-refractivity contribution in [2.75, 3.05) is 7.11 Å². The largest absolute Gasteiger partial charge is 0.497 e. The maximum atomic E-state index is 11.9. The molecule has 6 heteroatoms. The number of aryl methyl sites for hydroxylation is 1. The first-order chi connectivity index (χ1) is 12.2. The average molecular weight is 339 g/mol. The number of fused-ring (bicyclic) bond motifs is 1. The van der Waals surface area contributed by atoms with Crippen molar-refractivity contribution < 1.29 is 14.1 Å². The van der Waals surface area contributed by atoms with Gasteiger partial charge in [-0.1, -0.05) is 30.3 Å². The van der Waals surface area contributed by atoms with E-state index in [-0.39, 0.29) is 6.03 Å². The number of rotatable bonds is 6. The zero-order valence-corrected chi connectivity index (χ0v) is 14.3. The van der Waals surface area contributed by atoms with E-state index in [4.69, 9.17) is 9.26 Å². The Hall–Kier alpha value is -3.02. The van der Waals surface area contributed by atoms with E-state index in [9.17, 15) is 4.79 Å². The normalized spacial score (nSPS) is 10.6. The zero-order valence-electron chi connectivity index (χ0n) is 14.3. The quantitative estimate of drug-likeness (QED) is 0.722. The van der Waals surface area contributed by atoms with Crippen molar-refractivity contribution >= 4 is 16.8 Å². The van der Waals surface area contributed by atoms with E-state index in [1.165, 1.54) is 0 Å². The van der Waals surface area contributed by atoms with Crippen molar-refractivity contribution in [3.05, 3.63) is 59.5 Å². The summed E-state index contributed by atoms with van der Waals surface area (Å²) in [6.07, 6.45) is 0.809. The van der Waals surface area contributed by atoms with Crippen LogP contribution >= 0.6 is 0 Å². The third-order valence-corrected chi connectivity index (χ3v) is 3.96. The fourth-order valence-corrected chi connectivity index (χ4v) is 2.53.